The summed E-state index contributed by atoms with van der Waals surface area (Å²) in [6, 6.07) is 3.84. The van der Waals surface area contributed by atoms with Gasteiger partial charge in [-0.15, -0.1) is 23.7 Å². The molecule has 0 aromatic carbocycles. The van der Waals surface area contributed by atoms with Crippen molar-refractivity contribution in [2.75, 3.05) is 33.2 Å². The number of hydrogen-bond acceptors (Lipinski definition) is 4. The highest BCUT2D eigenvalue weighted by atomic mass is 35.5. The minimum absolute atomic E-state index is 0. The van der Waals surface area contributed by atoms with Crippen molar-refractivity contribution in [3.05, 3.63) is 22.4 Å². The number of rotatable bonds is 5. The van der Waals surface area contributed by atoms with Gasteiger partial charge in [0.2, 0.25) is 0 Å². The van der Waals surface area contributed by atoms with Gasteiger partial charge in [-0.2, -0.15) is 0 Å². The number of carbonyl (C=O) groups is 1. The van der Waals surface area contributed by atoms with Gasteiger partial charge in [-0.25, -0.2) is 0 Å². The smallest absolute Gasteiger partial charge is 0.186 e. The molecule has 0 aliphatic carbocycles. The predicted molar refractivity (Wildman–Crippen MR) is 79.0 cm³/mol. The fraction of sp³-hybridized carbons (Fsp3) is 0.615. The molecule has 1 saturated heterocycles. The van der Waals surface area contributed by atoms with Gasteiger partial charge in [0.25, 0.3) is 0 Å². The first-order valence-electron chi connectivity index (χ1n) is 6.21. The first kappa shape index (κ1) is 15.6. The molecule has 0 amide bonds. The van der Waals surface area contributed by atoms with E-state index < -0.39 is 0 Å². The molecular formula is C13H21ClN2OS. The van der Waals surface area contributed by atoms with Crippen LogP contribution < -0.4 is 5.32 Å². The first-order valence-corrected chi connectivity index (χ1v) is 7.09. The Morgan fingerprint density at radius 3 is 2.83 bits per heavy atom. The fourth-order valence-electron chi connectivity index (χ4n) is 2.33. The molecular weight excluding hydrogens is 268 g/mol. The number of nitrogens with one attached hydrogen (secondary N) is 1. The summed E-state index contributed by atoms with van der Waals surface area (Å²) in [5, 5.41) is 5.33. The maximum Gasteiger partial charge on any atom is 0.186 e. The van der Waals surface area contributed by atoms with Gasteiger partial charge < -0.3 is 5.32 Å². The Morgan fingerprint density at radius 1 is 1.50 bits per heavy atom. The summed E-state index contributed by atoms with van der Waals surface area (Å²) in [4.78, 5) is 15.0. The van der Waals surface area contributed by atoms with Crippen LogP contribution in [0.15, 0.2) is 17.5 Å². The summed E-state index contributed by atoms with van der Waals surface area (Å²) < 4.78 is 0. The van der Waals surface area contributed by atoms with Crippen molar-refractivity contribution in [2.45, 2.75) is 12.8 Å². The van der Waals surface area contributed by atoms with E-state index in [-0.39, 0.29) is 18.2 Å². The molecule has 2 rings (SSSR count). The largest absolute Gasteiger partial charge is 0.317 e. The van der Waals surface area contributed by atoms with E-state index in [1.807, 2.05) is 24.6 Å². The highest BCUT2D eigenvalue weighted by Crippen LogP contribution is 2.14. The molecule has 0 saturated carbocycles. The summed E-state index contributed by atoms with van der Waals surface area (Å²) >= 11 is 1.53. The van der Waals surface area contributed by atoms with E-state index in [0.717, 1.165) is 30.4 Å². The second-order valence-electron chi connectivity index (χ2n) is 4.79. The fourth-order valence-corrected chi connectivity index (χ4v) is 2.99. The standard InChI is InChI=1S/C13H20N2OS.ClH/c1-15(9-11-4-6-14-7-5-11)10-12(16)13-3-2-8-17-13;/h2-3,8,11,14H,4-7,9-10H2,1H3;1H. The van der Waals surface area contributed by atoms with Gasteiger partial charge in [-0.05, 0) is 50.3 Å². The van der Waals surface area contributed by atoms with E-state index in [1.54, 1.807) is 0 Å². The molecule has 3 nitrogen and oxygen atoms in total. The lowest BCUT2D eigenvalue weighted by molar-refractivity contribution is 0.0937. The SMILES string of the molecule is CN(CC(=O)c1cccs1)CC1CCNCC1.Cl. The van der Waals surface area contributed by atoms with Crippen molar-refractivity contribution in [2.24, 2.45) is 5.92 Å². The monoisotopic (exact) mass is 288 g/mol. The van der Waals surface area contributed by atoms with Crippen LogP contribution in [-0.4, -0.2) is 43.9 Å². The Kier molecular flexibility index (Phi) is 6.86. The molecule has 1 N–H and O–H groups in total. The van der Waals surface area contributed by atoms with E-state index in [0.29, 0.717) is 6.54 Å². The van der Waals surface area contributed by atoms with Crippen LogP contribution in [0.1, 0.15) is 22.5 Å². The molecule has 1 aliphatic heterocycles. The first-order chi connectivity index (χ1) is 8.25. The summed E-state index contributed by atoms with van der Waals surface area (Å²) in [5.41, 5.74) is 0. The molecule has 5 heteroatoms. The number of halogens is 1. The van der Waals surface area contributed by atoms with Crippen LogP contribution in [-0.2, 0) is 0 Å². The molecule has 2 heterocycles. The zero-order valence-electron chi connectivity index (χ0n) is 10.7. The molecule has 102 valence electrons. The molecule has 18 heavy (non-hydrogen) atoms. The quantitative estimate of drug-likeness (QED) is 0.844. The molecule has 1 fully saturated rings. The van der Waals surface area contributed by atoms with E-state index >= 15 is 0 Å². The number of hydrogen-bond donors (Lipinski definition) is 1. The number of Topliss-reactive ketones (excluding diaryl/α,β-unsaturated/α-hetero) is 1. The second-order valence-corrected chi connectivity index (χ2v) is 5.74. The van der Waals surface area contributed by atoms with Gasteiger partial charge >= 0.3 is 0 Å². The van der Waals surface area contributed by atoms with Crippen LogP contribution in [0, 0.1) is 5.92 Å². The molecule has 0 unspecified atom stereocenters. The highest BCUT2D eigenvalue weighted by Gasteiger charge is 2.17. The Bertz CT molecular complexity index is 350. The Hall–Kier alpha value is -0.420. The van der Waals surface area contributed by atoms with E-state index in [2.05, 4.69) is 10.2 Å². The third-order valence-corrected chi connectivity index (χ3v) is 4.15. The summed E-state index contributed by atoms with van der Waals surface area (Å²) in [5.74, 6) is 0.994. The van der Waals surface area contributed by atoms with Crippen molar-refractivity contribution in [3.8, 4) is 0 Å². The van der Waals surface area contributed by atoms with Gasteiger partial charge in [0.15, 0.2) is 5.78 Å². The van der Waals surface area contributed by atoms with Crippen molar-refractivity contribution >= 4 is 29.5 Å². The van der Waals surface area contributed by atoms with Gasteiger partial charge in [-0.3, -0.25) is 9.69 Å². The molecule has 0 atom stereocenters. The molecule has 1 aromatic rings. The molecule has 1 aromatic heterocycles. The second kappa shape index (κ2) is 7.89. The molecule has 1 aliphatic rings. The van der Waals surface area contributed by atoms with Crippen LogP contribution in [0.2, 0.25) is 0 Å². The normalized spacial score (nSPS) is 16.6. The van der Waals surface area contributed by atoms with Crippen LogP contribution in [0.3, 0.4) is 0 Å². The van der Waals surface area contributed by atoms with Gasteiger partial charge in [0.05, 0.1) is 11.4 Å². The number of ketones is 1. The van der Waals surface area contributed by atoms with Gasteiger partial charge in [0, 0.05) is 6.54 Å². The number of nitrogens with zero attached hydrogens (tertiary/aromatic N) is 1. The lowest BCUT2D eigenvalue weighted by Crippen LogP contribution is -2.36. The van der Waals surface area contributed by atoms with Crippen molar-refractivity contribution in [3.63, 3.8) is 0 Å². The van der Waals surface area contributed by atoms with Gasteiger partial charge in [0.1, 0.15) is 0 Å². The van der Waals surface area contributed by atoms with Crippen molar-refractivity contribution in [1.29, 1.82) is 0 Å². The zero-order valence-corrected chi connectivity index (χ0v) is 12.4. The Labute approximate surface area is 119 Å². The maximum atomic E-state index is 11.9. The molecule has 0 spiro atoms. The van der Waals surface area contributed by atoms with Crippen LogP contribution in [0.5, 0.6) is 0 Å². The van der Waals surface area contributed by atoms with E-state index in [1.165, 1.54) is 24.2 Å². The van der Waals surface area contributed by atoms with E-state index in [9.17, 15) is 4.79 Å². The summed E-state index contributed by atoms with van der Waals surface area (Å²) in [6.45, 7) is 3.83. The summed E-state index contributed by atoms with van der Waals surface area (Å²) in [6.07, 6.45) is 2.47. The minimum atomic E-state index is 0. The Balaban J connectivity index is 0.00000162. The highest BCUT2D eigenvalue weighted by molar-refractivity contribution is 7.12. The maximum absolute atomic E-state index is 11.9. The third-order valence-electron chi connectivity index (χ3n) is 3.24. The van der Waals surface area contributed by atoms with Gasteiger partial charge in [-0.1, -0.05) is 6.07 Å². The number of carbonyl (C=O) groups excluding carboxylic acids is 1. The topological polar surface area (TPSA) is 32.3 Å². The average Bonchev–Trinajstić information content (AvgIpc) is 2.83. The summed E-state index contributed by atoms with van der Waals surface area (Å²) in [7, 11) is 2.05. The van der Waals surface area contributed by atoms with Crippen molar-refractivity contribution < 1.29 is 4.79 Å². The molecule has 0 radical (unpaired) electrons. The number of thiophene rings is 1. The van der Waals surface area contributed by atoms with Crippen molar-refractivity contribution in [1.82, 2.24) is 10.2 Å². The van der Waals surface area contributed by atoms with Crippen LogP contribution in [0.25, 0.3) is 0 Å². The lowest BCUT2D eigenvalue weighted by Gasteiger charge is -2.27. The number of piperidine rings is 1. The minimum Gasteiger partial charge on any atom is -0.317 e. The average molecular weight is 289 g/mol. The van der Waals surface area contributed by atoms with Crippen LogP contribution in [0.4, 0.5) is 0 Å². The predicted octanol–water partition coefficient (Wildman–Crippen LogP) is 2.28. The van der Waals surface area contributed by atoms with E-state index in [4.69, 9.17) is 0 Å². The van der Waals surface area contributed by atoms with Crippen LogP contribution >= 0.6 is 23.7 Å². The number of likely N-dealkylation sites (N-methyl/N-ethyl adjacent to an activating group) is 1. The lowest BCUT2D eigenvalue weighted by atomic mass is 9.97. The zero-order chi connectivity index (χ0) is 12.1. The molecule has 0 bridgehead atoms. The third kappa shape index (κ3) is 4.69. The Morgan fingerprint density at radius 2 is 2.22 bits per heavy atom.